The van der Waals surface area contributed by atoms with Crippen LogP contribution in [0.1, 0.15) is 22.0 Å². The zero-order valence-corrected chi connectivity index (χ0v) is 17.2. The van der Waals surface area contributed by atoms with Gasteiger partial charge in [-0.1, -0.05) is 0 Å². The summed E-state index contributed by atoms with van der Waals surface area (Å²) in [5.74, 6) is -0.534. The van der Waals surface area contributed by atoms with E-state index in [-0.39, 0.29) is 17.9 Å². The fraction of sp³-hybridized carbons (Fsp3) is 0.286. The average Bonchev–Trinajstić information content (AvgIpc) is 3.00. The second kappa shape index (κ2) is 8.16. The molecular weight excluding hydrogens is 414 g/mol. The molecule has 6 nitrogen and oxygen atoms in total. The predicted molar refractivity (Wildman–Crippen MR) is 111 cm³/mol. The number of carbonyl (C=O) groups excluding carboxylic acids is 1. The van der Waals surface area contributed by atoms with E-state index in [4.69, 9.17) is 9.15 Å². The van der Waals surface area contributed by atoms with Gasteiger partial charge in [0, 0.05) is 35.9 Å². The Hall–Kier alpha value is -2.78. The van der Waals surface area contributed by atoms with Crippen LogP contribution in [0.5, 0.6) is 0 Å². The molecule has 2 aromatic carbocycles. The van der Waals surface area contributed by atoms with E-state index in [1.54, 1.807) is 16.4 Å². The highest BCUT2D eigenvalue weighted by Crippen LogP contribution is 2.41. The molecule has 4 rings (SSSR count). The molecule has 2 heterocycles. The predicted octanol–water partition coefficient (Wildman–Crippen LogP) is 3.74. The zero-order valence-electron chi connectivity index (χ0n) is 16.4. The molecule has 1 N–H and O–H groups in total. The van der Waals surface area contributed by atoms with Crippen molar-refractivity contribution in [3.63, 3.8) is 0 Å². The van der Waals surface area contributed by atoms with E-state index in [2.05, 4.69) is 5.32 Å². The molecule has 0 spiro atoms. The summed E-state index contributed by atoms with van der Waals surface area (Å²) in [4.78, 5) is 12.7. The Morgan fingerprint density at radius 3 is 2.67 bits per heavy atom. The van der Waals surface area contributed by atoms with Crippen molar-refractivity contribution < 1.29 is 26.9 Å². The number of alkyl halides is 1. The van der Waals surface area contributed by atoms with E-state index >= 15 is 0 Å². The molecule has 1 aromatic heterocycles. The number of benzene rings is 2. The second-order valence-corrected chi connectivity index (χ2v) is 8.13. The van der Waals surface area contributed by atoms with Gasteiger partial charge in [0.1, 0.15) is 40.9 Å². The number of fused-ring (bicyclic) bond motifs is 2. The first kappa shape index (κ1) is 20.5. The van der Waals surface area contributed by atoms with Crippen LogP contribution >= 0.6 is 0 Å². The molecule has 1 amide bonds. The average molecular weight is 434 g/mol. The smallest absolute Gasteiger partial charge is 0.255 e. The van der Waals surface area contributed by atoms with Crippen molar-refractivity contribution in [2.45, 2.75) is 6.10 Å². The van der Waals surface area contributed by atoms with Crippen LogP contribution < -0.4 is 9.62 Å². The summed E-state index contributed by atoms with van der Waals surface area (Å²) >= 11 is 0. The molecule has 0 aliphatic carbocycles. The number of furan rings is 1. The Morgan fingerprint density at radius 2 is 2.03 bits per heavy atom. The van der Waals surface area contributed by atoms with Crippen LogP contribution in [0.3, 0.4) is 0 Å². The minimum atomic E-state index is -1.36. The van der Waals surface area contributed by atoms with Gasteiger partial charge in [-0.05, 0) is 30.3 Å². The number of amides is 1. The van der Waals surface area contributed by atoms with E-state index in [1.165, 1.54) is 37.6 Å². The summed E-state index contributed by atoms with van der Waals surface area (Å²) in [6.07, 6.45) is 0.686. The van der Waals surface area contributed by atoms with Gasteiger partial charge in [0.05, 0.1) is 24.4 Å². The largest absolute Gasteiger partial charge is 0.455 e. The fourth-order valence-electron chi connectivity index (χ4n) is 3.66. The zero-order chi connectivity index (χ0) is 21.4. The van der Waals surface area contributed by atoms with Crippen LogP contribution in [-0.2, 0) is 15.7 Å². The molecule has 0 saturated carbocycles. The number of nitrogens with zero attached hydrogens (tertiary/aromatic N) is 1. The minimum Gasteiger partial charge on any atom is -0.455 e. The van der Waals surface area contributed by atoms with Crippen LogP contribution in [0.25, 0.3) is 22.3 Å². The van der Waals surface area contributed by atoms with Gasteiger partial charge in [0.2, 0.25) is 0 Å². The molecule has 0 fully saturated rings. The van der Waals surface area contributed by atoms with Crippen molar-refractivity contribution >= 4 is 33.5 Å². The number of anilines is 1. The van der Waals surface area contributed by atoms with Crippen molar-refractivity contribution in [2.75, 3.05) is 37.4 Å². The molecule has 0 radical (unpaired) electrons. The van der Waals surface area contributed by atoms with Gasteiger partial charge < -0.3 is 14.5 Å². The first-order valence-corrected chi connectivity index (χ1v) is 10.8. The molecule has 2 atom stereocenters. The number of hydrogen-bond acceptors (Lipinski definition) is 4. The lowest BCUT2D eigenvalue weighted by Gasteiger charge is -2.21. The fourth-order valence-corrected chi connectivity index (χ4v) is 4.43. The summed E-state index contributed by atoms with van der Waals surface area (Å²) < 4.78 is 52.6. The lowest BCUT2D eigenvalue weighted by molar-refractivity contribution is 0.0446. The molecule has 2 unspecified atom stereocenters. The van der Waals surface area contributed by atoms with Gasteiger partial charge in [-0.3, -0.25) is 9.10 Å². The van der Waals surface area contributed by atoms with E-state index in [1.807, 2.05) is 0 Å². The Kier molecular flexibility index (Phi) is 5.57. The standard InChI is InChI=1S/C21H20F2N2O4S/c1-24-21(26)19-15-9-14-16(25(30(2)27)7-8-28-18(14)11-22)10-17(15)29-20(19)12-3-5-13(23)6-4-12/h3-6,9-10,18H,7-8,11H2,1-2H3,(H,24,26). The number of rotatable bonds is 4. The third-order valence-electron chi connectivity index (χ3n) is 5.08. The minimum absolute atomic E-state index is 0.216. The summed E-state index contributed by atoms with van der Waals surface area (Å²) in [6.45, 7) is -0.222. The Morgan fingerprint density at radius 1 is 1.30 bits per heavy atom. The molecule has 0 bridgehead atoms. The van der Waals surface area contributed by atoms with Crippen LogP contribution in [0.15, 0.2) is 40.8 Å². The molecule has 30 heavy (non-hydrogen) atoms. The summed E-state index contributed by atoms with van der Waals surface area (Å²) in [7, 11) is 0.131. The number of nitrogens with one attached hydrogen (secondary N) is 1. The quantitative estimate of drug-likeness (QED) is 0.679. The van der Waals surface area contributed by atoms with Crippen molar-refractivity contribution in [2.24, 2.45) is 0 Å². The highest BCUT2D eigenvalue weighted by Gasteiger charge is 2.29. The first-order valence-electron chi connectivity index (χ1n) is 9.31. The van der Waals surface area contributed by atoms with Crippen LogP contribution in [-0.4, -0.2) is 43.2 Å². The molecular formula is C21H20F2N2O4S. The number of ether oxygens (including phenoxy) is 1. The number of hydrogen-bond donors (Lipinski definition) is 1. The van der Waals surface area contributed by atoms with Gasteiger partial charge in [-0.25, -0.2) is 13.0 Å². The SMILES string of the molecule is CNC(=O)c1c(-c2ccc(F)cc2)oc2cc3c(cc12)C(CF)OCCN3S(C)=O. The second-order valence-electron chi connectivity index (χ2n) is 6.84. The Balaban J connectivity index is 2.01. The summed E-state index contributed by atoms with van der Waals surface area (Å²) in [6, 6.07) is 8.90. The van der Waals surface area contributed by atoms with E-state index in [0.717, 1.165) is 0 Å². The van der Waals surface area contributed by atoms with Crippen LogP contribution in [0.2, 0.25) is 0 Å². The Labute approximate surface area is 174 Å². The molecule has 1 aliphatic rings. The van der Waals surface area contributed by atoms with Gasteiger partial charge in [-0.2, -0.15) is 0 Å². The Bertz CT molecular complexity index is 1130. The van der Waals surface area contributed by atoms with Gasteiger partial charge in [0.15, 0.2) is 0 Å². The van der Waals surface area contributed by atoms with Gasteiger partial charge >= 0.3 is 0 Å². The highest BCUT2D eigenvalue weighted by molar-refractivity contribution is 7.85. The first-order chi connectivity index (χ1) is 14.4. The van der Waals surface area contributed by atoms with E-state index in [0.29, 0.717) is 34.3 Å². The lowest BCUT2D eigenvalue weighted by atomic mass is 10.0. The maximum Gasteiger partial charge on any atom is 0.255 e. The maximum atomic E-state index is 13.7. The van der Waals surface area contributed by atoms with Crippen molar-refractivity contribution in [1.82, 2.24) is 5.32 Å². The molecule has 1 aliphatic heterocycles. The normalized spacial score (nSPS) is 17.5. The van der Waals surface area contributed by atoms with Crippen LogP contribution in [0.4, 0.5) is 14.5 Å². The number of carbonyl (C=O) groups is 1. The summed E-state index contributed by atoms with van der Waals surface area (Å²) in [5, 5.41) is 3.06. The van der Waals surface area contributed by atoms with Crippen LogP contribution in [0, 0.1) is 5.82 Å². The van der Waals surface area contributed by atoms with Crippen molar-refractivity contribution in [3.05, 3.63) is 53.3 Å². The van der Waals surface area contributed by atoms with Gasteiger partial charge in [-0.15, -0.1) is 0 Å². The molecule has 158 valence electrons. The third kappa shape index (κ3) is 3.48. The van der Waals surface area contributed by atoms with E-state index < -0.39 is 35.5 Å². The van der Waals surface area contributed by atoms with Gasteiger partial charge in [0.25, 0.3) is 5.91 Å². The number of halogens is 2. The topological polar surface area (TPSA) is 71.8 Å². The monoisotopic (exact) mass is 434 g/mol. The van der Waals surface area contributed by atoms with E-state index in [9.17, 15) is 17.8 Å². The van der Waals surface area contributed by atoms with Crippen molar-refractivity contribution in [3.8, 4) is 11.3 Å². The third-order valence-corrected chi connectivity index (χ3v) is 6.08. The maximum absolute atomic E-state index is 13.7. The molecule has 3 aromatic rings. The lowest BCUT2D eigenvalue weighted by Crippen LogP contribution is -2.27. The molecule has 9 heteroatoms. The molecule has 0 saturated heterocycles. The van der Waals surface area contributed by atoms with Crippen molar-refractivity contribution in [1.29, 1.82) is 0 Å². The summed E-state index contributed by atoms with van der Waals surface area (Å²) in [5.41, 5.74) is 2.19. The highest BCUT2D eigenvalue weighted by atomic mass is 32.2.